The Morgan fingerprint density at radius 3 is 2.48 bits per heavy atom. The molecule has 0 saturated carbocycles. The number of methoxy groups -OCH3 is 1. The Hall–Kier alpha value is -2.34. The molecule has 2 aromatic carbocycles. The molecule has 0 fully saturated rings. The Bertz CT molecular complexity index is 700. The van der Waals surface area contributed by atoms with Gasteiger partial charge in [-0.15, -0.1) is 0 Å². The molecule has 120 valence electrons. The van der Waals surface area contributed by atoms with Crippen molar-refractivity contribution in [2.75, 3.05) is 12.4 Å². The topological polar surface area (TPSA) is 64.6 Å². The average Bonchev–Trinajstić information content (AvgIpc) is 2.56. The molecule has 1 amide bonds. The highest BCUT2D eigenvalue weighted by molar-refractivity contribution is 9.10. The van der Waals surface area contributed by atoms with Crippen LogP contribution in [0.2, 0.25) is 0 Å². The Morgan fingerprint density at radius 1 is 1.13 bits per heavy atom. The van der Waals surface area contributed by atoms with Gasteiger partial charge in [-0.2, -0.15) is 0 Å². The number of carbonyl (C=O) groups excluding carboxylic acids is 2. The van der Waals surface area contributed by atoms with Crippen LogP contribution in [-0.4, -0.2) is 25.1 Å². The summed E-state index contributed by atoms with van der Waals surface area (Å²) in [7, 11) is 1.31. The predicted octanol–water partition coefficient (Wildman–Crippen LogP) is 3.64. The number of carbonyl (C=O) groups is 2. The lowest BCUT2D eigenvalue weighted by Gasteiger charge is -2.15. The maximum Gasteiger partial charge on any atom is 0.337 e. The van der Waals surface area contributed by atoms with E-state index < -0.39 is 12.1 Å². The van der Waals surface area contributed by atoms with Crippen molar-refractivity contribution in [3.8, 4) is 5.75 Å². The third kappa shape index (κ3) is 4.82. The van der Waals surface area contributed by atoms with E-state index in [9.17, 15) is 9.59 Å². The van der Waals surface area contributed by atoms with Crippen molar-refractivity contribution in [1.82, 2.24) is 0 Å². The summed E-state index contributed by atoms with van der Waals surface area (Å²) in [6.45, 7) is 1.65. The summed E-state index contributed by atoms with van der Waals surface area (Å²) in [5, 5.41) is 2.71. The summed E-state index contributed by atoms with van der Waals surface area (Å²) in [4.78, 5) is 23.7. The lowest BCUT2D eigenvalue weighted by atomic mass is 10.2. The van der Waals surface area contributed by atoms with Crippen LogP contribution in [0.1, 0.15) is 17.3 Å². The van der Waals surface area contributed by atoms with Crippen molar-refractivity contribution in [3.63, 3.8) is 0 Å². The van der Waals surface area contributed by atoms with Gasteiger partial charge >= 0.3 is 5.97 Å². The molecule has 0 radical (unpaired) electrons. The first-order chi connectivity index (χ1) is 11.0. The van der Waals surface area contributed by atoms with Crippen molar-refractivity contribution >= 4 is 33.5 Å². The minimum Gasteiger partial charge on any atom is -0.481 e. The molecule has 1 N–H and O–H groups in total. The largest absolute Gasteiger partial charge is 0.481 e. The van der Waals surface area contributed by atoms with Gasteiger partial charge in [0.1, 0.15) is 5.75 Å². The molecule has 0 aliphatic rings. The van der Waals surface area contributed by atoms with Gasteiger partial charge in [-0.1, -0.05) is 22.0 Å². The van der Waals surface area contributed by atoms with Crippen LogP contribution in [0.3, 0.4) is 0 Å². The fourth-order valence-corrected chi connectivity index (χ4v) is 2.12. The summed E-state index contributed by atoms with van der Waals surface area (Å²) >= 11 is 3.34. The number of benzene rings is 2. The van der Waals surface area contributed by atoms with Gasteiger partial charge in [0.15, 0.2) is 6.10 Å². The second kappa shape index (κ2) is 7.78. The second-order valence-corrected chi connectivity index (χ2v) is 5.69. The van der Waals surface area contributed by atoms with Crippen LogP contribution < -0.4 is 10.1 Å². The molecule has 0 aromatic heterocycles. The van der Waals surface area contributed by atoms with Crippen LogP contribution in [0.4, 0.5) is 5.69 Å². The summed E-state index contributed by atoms with van der Waals surface area (Å²) in [5.41, 5.74) is 0.871. The summed E-state index contributed by atoms with van der Waals surface area (Å²) in [6, 6.07) is 13.7. The first kappa shape index (κ1) is 17.0. The molecular formula is C17H16BrNO4. The minimum absolute atomic E-state index is 0.310. The maximum absolute atomic E-state index is 12.2. The van der Waals surface area contributed by atoms with Crippen molar-refractivity contribution in [3.05, 3.63) is 58.6 Å². The first-order valence-corrected chi connectivity index (χ1v) is 7.70. The number of rotatable bonds is 5. The van der Waals surface area contributed by atoms with E-state index in [4.69, 9.17) is 4.74 Å². The predicted molar refractivity (Wildman–Crippen MR) is 90.6 cm³/mol. The fraction of sp³-hybridized carbons (Fsp3) is 0.176. The van der Waals surface area contributed by atoms with Crippen LogP contribution in [0, 0.1) is 0 Å². The fourth-order valence-electron chi connectivity index (χ4n) is 1.86. The number of amides is 1. The van der Waals surface area contributed by atoms with Crippen LogP contribution in [0.25, 0.3) is 0 Å². The van der Waals surface area contributed by atoms with Crippen molar-refractivity contribution in [2.24, 2.45) is 0 Å². The molecule has 6 heteroatoms. The van der Waals surface area contributed by atoms with Gasteiger partial charge in [-0.05, 0) is 49.4 Å². The highest BCUT2D eigenvalue weighted by atomic mass is 79.9. The lowest BCUT2D eigenvalue weighted by Crippen LogP contribution is -2.30. The SMILES string of the molecule is COC(=O)c1cccc(NC(=O)[C@H](C)Oc2ccc(Br)cc2)c1. The molecule has 2 aromatic rings. The monoisotopic (exact) mass is 377 g/mol. The first-order valence-electron chi connectivity index (χ1n) is 6.91. The molecule has 0 aliphatic heterocycles. The molecular weight excluding hydrogens is 362 g/mol. The van der Waals surface area contributed by atoms with Crippen LogP contribution >= 0.6 is 15.9 Å². The van der Waals surface area contributed by atoms with E-state index in [0.29, 0.717) is 17.0 Å². The number of nitrogens with one attached hydrogen (secondary N) is 1. The summed E-state index contributed by atoms with van der Waals surface area (Å²) in [5.74, 6) is -0.172. The van der Waals surface area contributed by atoms with Gasteiger partial charge in [0.25, 0.3) is 5.91 Å². The highest BCUT2D eigenvalue weighted by Gasteiger charge is 2.15. The van der Waals surface area contributed by atoms with Gasteiger partial charge in [0.05, 0.1) is 12.7 Å². The molecule has 0 unspecified atom stereocenters. The number of hydrogen-bond donors (Lipinski definition) is 1. The molecule has 0 aliphatic carbocycles. The maximum atomic E-state index is 12.2. The number of anilines is 1. The van der Waals surface area contributed by atoms with E-state index in [2.05, 4.69) is 26.0 Å². The van der Waals surface area contributed by atoms with E-state index in [-0.39, 0.29) is 5.91 Å². The zero-order valence-electron chi connectivity index (χ0n) is 12.7. The molecule has 23 heavy (non-hydrogen) atoms. The van der Waals surface area contributed by atoms with Gasteiger partial charge in [-0.3, -0.25) is 4.79 Å². The zero-order valence-corrected chi connectivity index (χ0v) is 14.3. The average molecular weight is 378 g/mol. The van der Waals surface area contributed by atoms with Gasteiger partial charge < -0.3 is 14.8 Å². The summed E-state index contributed by atoms with van der Waals surface area (Å²) in [6.07, 6.45) is -0.682. The Kier molecular flexibility index (Phi) is 5.76. The smallest absolute Gasteiger partial charge is 0.337 e. The third-order valence-electron chi connectivity index (χ3n) is 3.05. The Morgan fingerprint density at radius 2 is 1.83 bits per heavy atom. The van der Waals surface area contributed by atoms with Gasteiger partial charge in [0.2, 0.25) is 0 Å². The number of esters is 1. The van der Waals surface area contributed by atoms with E-state index in [1.807, 2.05) is 12.1 Å². The van der Waals surface area contributed by atoms with E-state index in [1.54, 1.807) is 43.3 Å². The molecule has 5 nitrogen and oxygen atoms in total. The standard InChI is InChI=1S/C17H16BrNO4/c1-11(23-15-8-6-13(18)7-9-15)16(20)19-14-5-3-4-12(10-14)17(21)22-2/h3-11H,1-2H3,(H,19,20)/t11-/m0/s1. The lowest BCUT2D eigenvalue weighted by molar-refractivity contribution is -0.122. The molecule has 1 atom stereocenters. The number of hydrogen-bond acceptors (Lipinski definition) is 4. The normalized spacial score (nSPS) is 11.4. The summed E-state index contributed by atoms with van der Waals surface area (Å²) < 4.78 is 11.2. The van der Waals surface area contributed by atoms with E-state index in [1.165, 1.54) is 7.11 Å². The molecule has 2 rings (SSSR count). The Labute approximate surface area is 142 Å². The van der Waals surface area contributed by atoms with Crippen molar-refractivity contribution in [2.45, 2.75) is 13.0 Å². The quantitative estimate of drug-likeness (QED) is 0.807. The van der Waals surface area contributed by atoms with E-state index in [0.717, 1.165) is 4.47 Å². The molecule has 0 spiro atoms. The van der Waals surface area contributed by atoms with E-state index >= 15 is 0 Å². The second-order valence-electron chi connectivity index (χ2n) is 4.78. The molecule has 0 saturated heterocycles. The van der Waals surface area contributed by atoms with Crippen LogP contribution in [0.5, 0.6) is 5.75 Å². The zero-order chi connectivity index (χ0) is 16.8. The molecule has 0 heterocycles. The highest BCUT2D eigenvalue weighted by Crippen LogP contribution is 2.18. The number of halogens is 1. The number of ether oxygens (including phenoxy) is 2. The van der Waals surface area contributed by atoms with Gasteiger partial charge in [0, 0.05) is 10.2 Å². The third-order valence-corrected chi connectivity index (χ3v) is 3.58. The molecule has 0 bridgehead atoms. The van der Waals surface area contributed by atoms with Crippen LogP contribution in [-0.2, 0) is 9.53 Å². The Balaban J connectivity index is 2.00. The van der Waals surface area contributed by atoms with Crippen molar-refractivity contribution in [1.29, 1.82) is 0 Å². The van der Waals surface area contributed by atoms with Gasteiger partial charge in [-0.25, -0.2) is 4.79 Å². The minimum atomic E-state index is -0.682. The van der Waals surface area contributed by atoms with Crippen molar-refractivity contribution < 1.29 is 19.1 Å². The van der Waals surface area contributed by atoms with Crippen LogP contribution in [0.15, 0.2) is 53.0 Å².